The normalized spacial score (nSPS) is 17.1. The van der Waals surface area contributed by atoms with Gasteiger partial charge in [-0.2, -0.15) is 0 Å². The monoisotopic (exact) mass is 497 g/mol. The molecule has 0 aliphatic carbocycles. The molecule has 0 aromatic heterocycles. The van der Waals surface area contributed by atoms with E-state index in [-0.39, 0.29) is 23.2 Å². The largest absolute Gasteiger partial charge is 0.507 e. The molecule has 2 aromatic rings. The van der Waals surface area contributed by atoms with Crippen molar-refractivity contribution in [1.29, 1.82) is 0 Å². The number of carbonyl (C=O) groups is 2. The highest BCUT2D eigenvalue weighted by Gasteiger charge is 2.46. The molecule has 1 fully saturated rings. The Hall–Kier alpha value is -3.92. The number of likely N-dealkylation sites (tertiary alicyclic amines) is 1. The Kier molecular flexibility index (Phi) is 8.65. The number of likely N-dealkylation sites (N-methyl/N-ethyl adjacent to an activating group) is 1. The maximum Gasteiger partial charge on any atom is 0.311 e. The van der Waals surface area contributed by atoms with Crippen LogP contribution in [0.5, 0.6) is 11.5 Å². The van der Waals surface area contributed by atoms with Crippen LogP contribution in [0.3, 0.4) is 0 Å². The number of aromatic hydroxyl groups is 1. The highest BCUT2D eigenvalue weighted by molar-refractivity contribution is 6.46. The second-order valence-corrected chi connectivity index (χ2v) is 8.40. The summed E-state index contributed by atoms with van der Waals surface area (Å²) in [4.78, 5) is 40.4. The van der Waals surface area contributed by atoms with Crippen LogP contribution in [0.2, 0.25) is 0 Å². The Morgan fingerprint density at radius 2 is 1.86 bits per heavy atom. The molecule has 3 rings (SSSR count). The van der Waals surface area contributed by atoms with Crippen molar-refractivity contribution in [3.8, 4) is 11.5 Å². The molecule has 1 amide bonds. The predicted octanol–water partition coefficient (Wildman–Crippen LogP) is 3.85. The van der Waals surface area contributed by atoms with Crippen LogP contribution in [0, 0.1) is 10.1 Å². The Morgan fingerprint density at radius 3 is 2.50 bits per heavy atom. The zero-order valence-electron chi connectivity index (χ0n) is 20.6. The Balaban J connectivity index is 2.15. The van der Waals surface area contributed by atoms with Gasteiger partial charge >= 0.3 is 5.69 Å². The molecule has 1 saturated heterocycles. The number of hydrogen-bond donors (Lipinski definition) is 2. The van der Waals surface area contributed by atoms with Crippen molar-refractivity contribution in [2.45, 2.75) is 33.2 Å². The molecule has 1 aliphatic heterocycles. The minimum atomic E-state index is -1.07. The van der Waals surface area contributed by atoms with Crippen molar-refractivity contribution in [1.82, 2.24) is 9.80 Å². The van der Waals surface area contributed by atoms with Crippen LogP contribution in [-0.4, -0.2) is 69.4 Å². The van der Waals surface area contributed by atoms with Gasteiger partial charge in [-0.05, 0) is 43.3 Å². The van der Waals surface area contributed by atoms with Gasteiger partial charge in [0.2, 0.25) is 0 Å². The van der Waals surface area contributed by atoms with E-state index in [9.17, 15) is 29.9 Å². The van der Waals surface area contributed by atoms with E-state index >= 15 is 0 Å². The van der Waals surface area contributed by atoms with Crippen LogP contribution < -0.4 is 4.74 Å². The number of hydrogen-bond acceptors (Lipinski definition) is 8. The Bertz CT molecular complexity index is 1170. The van der Waals surface area contributed by atoms with E-state index in [0.29, 0.717) is 18.9 Å². The quantitative estimate of drug-likeness (QED) is 0.157. The number of carbonyl (C=O) groups excluding carboxylic acids is 2. The van der Waals surface area contributed by atoms with Crippen LogP contribution in [-0.2, 0) is 9.59 Å². The molecule has 10 nitrogen and oxygen atoms in total. The van der Waals surface area contributed by atoms with E-state index in [4.69, 9.17) is 4.74 Å². The molecule has 0 radical (unpaired) electrons. The zero-order valence-corrected chi connectivity index (χ0v) is 20.6. The number of rotatable bonds is 11. The fraction of sp³-hybridized carbons (Fsp3) is 0.385. The second-order valence-electron chi connectivity index (χ2n) is 8.40. The second kappa shape index (κ2) is 11.7. The number of phenolic OH excluding ortho intramolecular Hbond substituents is 1. The molecule has 1 aliphatic rings. The van der Waals surface area contributed by atoms with Gasteiger partial charge in [0.1, 0.15) is 11.5 Å². The third-order valence-electron chi connectivity index (χ3n) is 6.18. The number of aliphatic hydroxyl groups excluding tert-OH is 1. The molecule has 36 heavy (non-hydrogen) atoms. The number of ether oxygens (including phenoxy) is 1. The molecule has 1 atom stereocenters. The minimum absolute atomic E-state index is 0.169. The third kappa shape index (κ3) is 5.49. The van der Waals surface area contributed by atoms with Crippen molar-refractivity contribution >= 4 is 23.1 Å². The van der Waals surface area contributed by atoms with E-state index in [1.807, 2.05) is 20.8 Å². The fourth-order valence-corrected chi connectivity index (χ4v) is 4.21. The van der Waals surface area contributed by atoms with Gasteiger partial charge < -0.3 is 24.7 Å². The number of nitro benzene ring substituents is 1. The van der Waals surface area contributed by atoms with Crippen molar-refractivity contribution in [2.75, 3.05) is 32.8 Å². The van der Waals surface area contributed by atoms with Gasteiger partial charge in [-0.3, -0.25) is 19.7 Å². The van der Waals surface area contributed by atoms with Crippen molar-refractivity contribution < 1.29 is 29.5 Å². The summed E-state index contributed by atoms with van der Waals surface area (Å²) in [7, 11) is 0. The molecule has 2 N–H and O–H groups in total. The molecule has 0 bridgehead atoms. The highest BCUT2D eigenvalue weighted by Crippen LogP contribution is 2.41. The lowest BCUT2D eigenvalue weighted by molar-refractivity contribution is -0.385. The molecule has 192 valence electrons. The number of phenols is 1. The molecular weight excluding hydrogens is 466 g/mol. The first kappa shape index (κ1) is 26.7. The van der Waals surface area contributed by atoms with E-state index < -0.39 is 39.9 Å². The molecule has 1 unspecified atom stereocenters. The number of aliphatic hydroxyl groups is 1. The maximum atomic E-state index is 13.2. The molecule has 0 spiro atoms. The van der Waals surface area contributed by atoms with Gasteiger partial charge in [0.05, 0.1) is 23.1 Å². The number of benzene rings is 2. The standard InChI is InChI=1S/C26H31N3O7/c1-4-14-36-19-9-7-8-18(15-19)24(31)22-23(17-10-11-21(30)20(16-17)29(34)35)28(26(33)25(22)32)13-12-27(5-2)6-3/h7-11,15-16,23,30-31H,4-6,12-14H2,1-3H3/b24-22-. The lowest BCUT2D eigenvalue weighted by Crippen LogP contribution is -2.38. The third-order valence-corrected chi connectivity index (χ3v) is 6.18. The number of ketones is 1. The summed E-state index contributed by atoms with van der Waals surface area (Å²) in [5.41, 5.74) is -0.217. The van der Waals surface area contributed by atoms with Gasteiger partial charge in [-0.15, -0.1) is 0 Å². The van der Waals surface area contributed by atoms with Gasteiger partial charge in [0, 0.05) is 24.7 Å². The van der Waals surface area contributed by atoms with Crippen molar-refractivity contribution in [3.05, 3.63) is 69.3 Å². The van der Waals surface area contributed by atoms with Crippen LogP contribution in [0.1, 0.15) is 44.4 Å². The zero-order chi connectivity index (χ0) is 26.4. The van der Waals surface area contributed by atoms with Gasteiger partial charge in [0.15, 0.2) is 5.75 Å². The number of nitrogens with zero attached hydrogens (tertiary/aromatic N) is 3. The highest BCUT2D eigenvalue weighted by atomic mass is 16.6. The van der Waals surface area contributed by atoms with Gasteiger partial charge in [-0.1, -0.05) is 39.0 Å². The van der Waals surface area contributed by atoms with Crippen LogP contribution >= 0.6 is 0 Å². The van der Waals surface area contributed by atoms with E-state index in [1.54, 1.807) is 24.3 Å². The summed E-state index contributed by atoms with van der Waals surface area (Å²) < 4.78 is 5.63. The van der Waals surface area contributed by atoms with Crippen molar-refractivity contribution in [2.24, 2.45) is 0 Å². The Labute approximate surface area is 209 Å². The van der Waals surface area contributed by atoms with Crippen molar-refractivity contribution in [3.63, 3.8) is 0 Å². The Morgan fingerprint density at radius 1 is 1.14 bits per heavy atom. The topological polar surface area (TPSA) is 133 Å². The summed E-state index contributed by atoms with van der Waals surface area (Å²) in [6.07, 6.45) is 0.785. The summed E-state index contributed by atoms with van der Waals surface area (Å²) in [6, 6.07) is 9.17. The lowest BCUT2D eigenvalue weighted by Gasteiger charge is -2.28. The summed E-state index contributed by atoms with van der Waals surface area (Å²) >= 11 is 0. The first-order chi connectivity index (χ1) is 17.2. The lowest BCUT2D eigenvalue weighted by atomic mass is 9.94. The number of Topliss-reactive ketones (excluding diaryl/α,β-unsaturated/α-hetero) is 1. The summed E-state index contributed by atoms with van der Waals surface area (Å²) in [6.45, 7) is 8.50. The van der Waals surface area contributed by atoms with E-state index in [2.05, 4.69) is 4.90 Å². The molecule has 1 heterocycles. The van der Waals surface area contributed by atoms with Gasteiger partial charge in [-0.25, -0.2) is 0 Å². The van der Waals surface area contributed by atoms with Gasteiger partial charge in [0.25, 0.3) is 11.7 Å². The molecule has 0 saturated carbocycles. The predicted molar refractivity (Wildman–Crippen MR) is 134 cm³/mol. The SMILES string of the molecule is CCCOc1cccc(/C(O)=C2/C(=O)C(=O)N(CCN(CC)CC)C2c2ccc(O)c([N+](=O)[O-])c2)c1. The van der Waals surface area contributed by atoms with E-state index in [0.717, 1.165) is 31.6 Å². The van der Waals surface area contributed by atoms with Crippen LogP contribution in [0.4, 0.5) is 5.69 Å². The van der Waals surface area contributed by atoms with E-state index in [1.165, 1.54) is 11.0 Å². The smallest absolute Gasteiger partial charge is 0.311 e. The minimum Gasteiger partial charge on any atom is -0.507 e. The fourth-order valence-electron chi connectivity index (χ4n) is 4.21. The van der Waals surface area contributed by atoms with Crippen LogP contribution in [0.15, 0.2) is 48.0 Å². The number of amides is 1. The summed E-state index contributed by atoms with van der Waals surface area (Å²) in [5, 5.41) is 32.7. The first-order valence-electron chi connectivity index (χ1n) is 11.9. The molecule has 2 aromatic carbocycles. The maximum absolute atomic E-state index is 13.2. The van der Waals surface area contributed by atoms with Crippen LogP contribution in [0.25, 0.3) is 5.76 Å². The summed E-state index contributed by atoms with van der Waals surface area (Å²) in [5.74, 6) is -2.13. The average molecular weight is 498 g/mol. The number of nitro groups is 1. The average Bonchev–Trinajstić information content (AvgIpc) is 3.13. The first-order valence-corrected chi connectivity index (χ1v) is 11.9. The molecular formula is C26H31N3O7. The molecule has 10 heteroatoms.